The largest absolute Gasteiger partial charge is 0.338 e. The molecular formula is C24H24N4OS2. The number of thiophene rings is 1. The first kappa shape index (κ1) is 19.3. The van der Waals surface area contributed by atoms with Gasteiger partial charge < -0.3 is 4.90 Å². The Morgan fingerprint density at radius 2 is 1.74 bits per heavy atom. The van der Waals surface area contributed by atoms with Gasteiger partial charge >= 0.3 is 0 Å². The molecule has 1 saturated heterocycles. The number of nitrogens with zero attached hydrogens (tertiary/aromatic N) is 4. The van der Waals surface area contributed by atoms with Crippen LogP contribution in [0.3, 0.4) is 0 Å². The van der Waals surface area contributed by atoms with E-state index in [1.54, 1.807) is 22.7 Å². The van der Waals surface area contributed by atoms with Gasteiger partial charge in [-0.1, -0.05) is 12.1 Å². The molecule has 1 amide bonds. The van der Waals surface area contributed by atoms with Crippen LogP contribution in [0.1, 0.15) is 69.3 Å². The second kappa shape index (κ2) is 7.35. The molecular weight excluding hydrogens is 424 g/mol. The zero-order valence-corrected chi connectivity index (χ0v) is 19.4. The standard InChI is InChI=1S/C24H24N4OS2/c1-13-19-14(2)25-21(15-7-8-15)27-23(19)31-20(13)24(29)28-11-9-16(10-12-28)22-26-17-5-3-4-6-18(17)30-22/h3-6,15-16H,7-12H2,1-2H3. The van der Waals surface area contributed by atoms with Gasteiger partial charge in [0.25, 0.3) is 5.91 Å². The number of fused-ring (bicyclic) bond motifs is 2. The summed E-state index contributed by atoms with van der Waals surface area (Å²) in [5, 5.41) is 2.28. The molecule has 2 aliphatic rings. The van der Waals surface area contributed by atoms with Gasteiger partial charge in [0.05, 0.1) is 25.8 Å². The summed E-state index contributed by atoms with van der Waals surface area (Å²) < 4.78 is 1.25. The van der Waals surface area contributed by atoms with E-state index in [0.717, 1.165) is 63.6 Å². The quantitative estimate of drug-likeness (QED) is 0.396. The lowest BCUT2D eigenvalue weighted by Crippen LogP contribution is -2.37. The van der Waals surface area contributed by atoms with Crippen molar-refractivity contribution in [3.63, 3.8) is 0 Å². The molecule has 0 radical (unpaired) electrons. The number of para-hydroxylation sites is 1. The summed E-state index contributed by atoms with van der Waals surface area (Å²) in [5.41, 5.74) is 3.14. The Bertz CT molecular complexity index is 1280. The third-order valence-electron chi connectivity index (χ3n) is 6.57. The van der Waals surface area contributed by atoms with Crippen molar-refractivity contribution < 1.29 is 4.79 Å². The fourth-order valence-corrected chi connectivity index (χ4v) is 6.97. The zero-order chi connectivity index (χ0) is 21.1. The van der Waals surface area contributed by atoms with Crippen LogP contribution in [0, 0.1) is 13.8 Å². The van der Waals surface area contributed by atoms with E-state index in [1.807, 2.05) is 24.8 Å². The van der Waals surface area contributed by atoms with Gasteiger partial charge in [0, 0.05) is 30.3 Å². The molecule has 0 atom stereocenters. The molecule has 6 rings (SSSR count). The maximum absolute atomic E-state index is 13.4. The Labute approximate surface area is 189 Å². The molecule has 4 heterocycles. The predicted octanol–water partition coefficient (Wildman–Crippen LogP) is 5.82. The van der Waals surface area contributed by atoms with E-state index >= 15 is 0 Å². The van der Waals surface area contributed by atoms with Gasteiger partial charge in [-0.2, -0.15) is 0 Å². The fourth-order valence-electron chi connectivity index (χ4n) is 4.63. The van der Waals surface area contributed by atoms with Crippen LogP contribution in [-0.4, -0.2) is 38.8 Å². The second-order valence-corrected chi connectivity index (χ2v) is 10.8. The number of benzene rings is 1. The summed E-state index contributed by atoms with van der Waals surface area (Å²) in [6.45, 7) is 5.66. The van der Waals surface area contributed by atoms with E-state index in [-0.39, 0.29) is 5.91 Å². The van der Waals surface area contributed by atoms with Crippen molar-refractivity contribution in [2.75, 3.05) is 13.1 Å². The van der Waals surface area contributed by atoms with Gasteiger partial charge in [-0.3, -0.25) is 4.79 Å². The molecule has 0 N–H and O–H groups in total. The summed E-state index contributed by atoms with van der Waals surface area (Å²) >= 11 is 3.34. The molecule has 4 aromatic rings. The molecule has 31 heavy (non-hydrogen) atoms. The van der Waals surface area contributed by atoms with Crippen LogP contribution in [-0.2, 0) is 0 Å². The summed E-state index contributed by atoms with van der Waals surface area (Å²) in [6.07, 6.45) is 4.32. The van der Waals surface area contributed by atoms with Gasteiger partial charge in [0.2, 0.25) is 0 Å². The summed E-state index contributed by atoms with van der Waals surface area (Å²) in [5.74, 6) is 2.07. The molecule has 3 aromatic heterocycles. The average molecular weight is 449 g/mol. The molecule has 1 aromatic carbocycles. The van der Waals surface area contributed by atoms with Crippen molar-refractivity contribution in [3.05, 3.63) is 51.2 Å². The number of carbonyl (C=O) groups is 1. The van der Waals surface area contributed by atoms with Crippen LogP contribution in [0.5, 0.6) is 0 Å². The zero-order valence-electron chi connectivity index (χ0n) is 17.7. The number of hydrogen-bond acceptors (Lipinski definition) is 6. The van der Waals surface area contributed by atoms with Gasteiger partial charge in [0.1, 0.15) is 10.7 Å². The molecule has 7 heteroatoms. The van der Waals surface area contributed by atoms with Gasteiger partial charge in [-0.05, 0) is 57.2 Å². The Balaban J connectivity index is 1.22. The highest BCUT2D eigenvalue weighted by Gasteiger charge is 2.31. The van der Waals surface area contributed by atoms with Crippen molar-refractivity contribution in [1.29, 1.82) is 0 Å². The molecule has 1 saturated carbocycles. The number of carbonyl (C=O) groups excluding carboxylic acids is 1. The topological polar surface area (TPSA) is 59.0 Å². The summed E-state index contributed by atoms with van der Waals surface area (Å²) in [7, 11) is 0. The van der Waals surface area contributed by atoms with Crippen LogP contribution in [0.4, 0.5) is 0 Å². The molecule has 0 spiro atoms. The Kier molecular flexibility index (Phi) is 4.58. The molecule has 0 unspecified atom stereocenters. The lowest BCUT2D eigenvalue weighted by Gasteiger charge is -2.31. The van der Waals surface area contributed by atoms with Gasteiger partial charge in [0.15, 0.2) is 0 Å². The molecule has 158 valence electrons. The number of amides is 1. The fraction of sp³-hybridized carbons (Fsp3) is 0.417. The number of thiazole rings is 1. The molecule has 1 aliphatic heterocycles. The van der Waals surface area contributed by atoms with Crippen LogP contribution in [0.25, 0.3) is 20.4 Å². The van der Waals surface area contributed by atoms with Crippen molar-refractivity contribution in [2.45, 2.75) is 51.4 Å². The molecule has 2 fully saturated rings. The highest BCUT2D eigenvalue weighted by Crippen LogP contribution is 2.41. The Hall–Kier alpha value is -2.38. The summed E-state index contributed by atoms with van der Waals surface area (Å²) in [6, 6.07) is 8.33. The molecule has 0 bridgehead atoms. The second-order valence-electron chi connectivity index (χ2n) is 8.76. The van der Waals surface area contributed by atoms with E-state index in [0.29, 0.717) is 11.8 Å². The first-order valence-electron chi connectivity index (χ1n) is 11.0. The van der Waals surface area contributed by atoms with E-state index in [1.165, 1.54) is 22.5 Å². The van der Waals surface area contributed by atoms with Crippen LogP contribution in [0.2, 0.25) is 0 Å². The number of aromatic nitrogens is 3. The summed E-state index contributed by atoms with van der Waals surface area (Å²) in [4.78, 5) is 31.6. The van der Waals surface area contributed by atoms with Crippen LogP contribution >= 0.6 is 22.7 Å². The first-order chi connectivity index (χ1) is 15.1. The molecule has 5 nitrogen and oxygen atoms in total. The van der Waals surface area contributed by atoms with E-state index in [9.17, 15) is 4.79 Å². The van der Waals surface area contributed by atoms with Crippen molar-refractivity contribution in [3.8, 4) is 0 Å². The monoisotopic (exact) mass is 448 g/mol. The van der Waals surface area contributed by atoms with E-state index in [2.05, 4.69) is 18.2 Å². The van der Waals surface area contributed by atoms with Crippen molar-refractivity contribution in [1.82, 2.24) is 19.9 Å². The maximum atomic E-state index is 13.4. The smallest absolute Gasteiger partial charge is 0.264 e. The van der Waals surface area contributed by atoms with Crippen molar-refractivity contribution in [2.24, 2.45) is 0 Å². The number of rotatable bonds is 3. The minimum absolute atomic E-state index is 0.149. The number of aryl methyl sites for hydroxylation is 2. The van der Waals surface area contributed by atoms with Crippen LogP contribution < -0.4 is 0 Å². The predicted molar refractivity (Wildman–Crippen MR) is 126 cm³/mol. The normalized spacial score (nSPS) is 17.7. The number of likely N-dealkylation sites (tertiary alicyclic amines) is 1. The van der Waals surface area contributed by atoms with Crippen molar-refractivity contribution >= 4 is 49.0 Å². The lowest BCUT2D eigenvalue weighted by atomic mass is 9.97. The van der Waals surface area contributed by atoms with Crippen LogP contribution in [0.15, 0.2) is 24.3 Å². The van der Waals surface area contributed by atoms with E-state index < -0.39 is 0 Å². The van der Waals surface area contributed by atoms with Gasteiger partial charge in [-0.25, -0.2) is 15.0 Å². The third kappa shape index (κ3) is 3.34. The average Bonchev–Trinajstić information content (AvgIpc) is 3.46. The number of piperidine rings is 1. The maximum Gasteiger partial charge on any atom is 0.264 e. The Morgan fingerprint density at radius 3 is 2.48 bits per heavy atom. The highest BCUT2D eigenvalue weighted by molar-refractivity contribution is 7.20. The molecule has 1 aliphatic carbocycles. The highest BCUT2D eigenvalue weighted by atomic mass is 32.1. The van der Waals surface area contributed by atoms with E-state index in [4.69, 9.17) is 15.0 Å². The van der Waals surface area contributed by atoms with Gasteiger partial charge in [-0.15, -0.1) is 22.7 Å². The SMILES string of the molecule is Cc1nc(C2CC2)nc2sc(C(=O)N3CCC(c4nc5ccccc5s4)CC3)c(C)c12. The Morgan fingerprint density at radius 1 is 0.968 bits per heavy atom. The third-order valence-corrected chi connectivity index (χ3v) is 8.94. The minimum atomic E-state index is 0.149. The lowest BCUT2D eigenvalue weighted by molar-refractivity contribution is 0.0717. The minimum Gasteiger partial charge on any atom is -0.338 e. The number of hydrogen-bond donors (Lipinski definition) is 0. The first-order valence-corrected chi connectivity index (χ1v) is 12.6.